The van der Waals surface area contributed by atoms with Crippen molar-refractivity contribution in [3.8, 4) is 11.3 Å². The van der Waals surface area contributed by atoms with Gasteiger partial charge in [-0.2, -0.15) is 0 Å². The van der Waals surface area contributed by atoms with Crippen LogP contribution in [-0.2, 0) is 13.6 Å². The molecule has 26 heavy (non-hydrogen) atoms. The quantitative estimate of drug-likeness (QED) is 0.384. The van der Waals surface area contributed by atoms with E-state index in [2.05, 4.69) is 75.8 Å². The van der Waals surface area contributed by atoms with Crippen molar-refractivity contribution < 1.29 is 17.0 Å². The minimum absolute atomic E-state index is 0. The van der Waals surface area contributed by atoms with Crippen LogP contribution in [0.5, 0.6) is 0 Å². The monoisotopic (exact) mass is 382 g/mol. The highest BCUT2D eigenvalue weighted by Crippen LogP contribution is 2.40. The Morgan fingerprint density at radius 2 is 1.73 bits per heavy atom. The zero-order valence-electron chi connectivity index (χ0n) is 14.6. The number of thiazole rings is 1. The minimum Gasteiger partial charge on any atom is -1.00 e. The van der Waals surface area contributed by atoms with Gasteiger partial charge in [-0.1, -0.05) is 48.5 Å². The van der Waals surface area contributed by atoms with Crippen molar-refractivity contribution in [1.82, 2.24) is 4.57 Å². The van der Waals surface area contributed by atoms with Gasteiger partial charge in [-0.3, -0.25) is 0 Å². The lowest BCUT2D eigenvalue weighted by Crippen LogP contribution is -3.00. The second-order valence-electron chi connectivity index (χ2n) is 5.81. The molecular weight excluding hydrogens is 364 g/mol. The molecule has 4 rings (SSSR count). The van der Waals surface area contributed by atoms with Gasteiger partial charge in [0.15, 0.2) is 0 Å². The van der Waals surface area contributed by atoms with E-state index in [4.69, 9.17) is 0 Å². The Balaban J connectivity index is 0.00000196. The summed E-state index contributed by atoms with van der Waals surface area (Å²) in [6, 6.07) is 18.7. The first kappa shape index (κ1) is 18.3. The van der Waals surface area contributed by atoms with Crippen molar-refractivity contribution >= 4 is 33.1 Å². The van der Waals surface area contributed by atoms with Gasteiger partial charge in [0.25, 0.3) is 0 Å². The Hall–Kier alpha value is -2.50. The molecule has 0 atom stereocenters. The number of halogens is 1. The summed E-state index contributed by atoms with van der Waals surface area (Å²) < 4.78 is 4.29. The molecule has 6 heteroatoms. The summed E-state index contributed by atoms with van der Waals surface area (Å²) in [6.45, 7) is 3.00. The normalized spacial score (nSPS) is 11.2. The van der Waals surface area contributed by atoms with Crippen molar-refractivity contribution in [2.45, 2.75) is 13.5 Å². The van der Waals surface area contributed by atoms with Crippen LogP contribution in [0.15, 0.2) is 76.4 Å². The van der Waals surface area contributed by atoms with Gasteiger partial charge in [0.2, 0.25) is 0 Å². The average molecular weight is 383 g/mol. The first-order chi connectivity index (χ1) is 12.3. The van der Waals surface area contributed by atoms with Gasteiger partial charge in [0.1, 0.15) is 11.9 Å². The van der Waals surface area contributed by atoms with Crippen molar-refractivity contribution in [3.63, 3.8) is 0 Å². The minimum atomic E-state index is 0. The number of aromatic nitrogens is 2. The highest BCUT2D eigenvalue weighted by molar-refractivity contribution is 7.12. The number of hydrogen-bond acceptors (Lipinski definition) is 3. The molecule has 132 valence electrons. The number of benzene rings is 2. The molecule has 0 bridgehead atoms. The molecule has 0 spiro atoms. The topological polar surface area (TPSA) is 33.5 Å². The highest BCUT2D eigenvalue weighted by Gasteiger charge is 2.19. The number of nitrogens with zero attached hydrogens (tertiary/aromatic N) is 4. The van der Waals surface area contributed by atoms with Gasteiger partial charge in [-0.25, -0.2) is 4.57 Å². The molecule has 0 radical (unpaired) electrons. The summed E-state index contributed by atoms with van der Waals surface area (Å²) in [5.41, 5.74) is 4.31. The van der Waals surface area contributed by atoms with E-state index >= 15 is 0 Å². The van der Waals surface area contributed by atoms with Crippen LogP contribution in [0, 0.1) is 0 Å². The zero-order valence-corrected chi connectivity index (χ0v) is 16.2. The second-order valence-corrected chi connectivity index (χ2v) is 6.68. The van der Waals surface area contributed by atoms with Crippen LogP contribution in [0.2, 0.25) is 0 Å². The number of hydrogen-bond donors (Lipinski definition) is 0. The van der Waals surface area contributed by atoms with Crippen LogP contribution in [-0.4, -0.2) is 4.57 Å². The Morgan fingerprint density at radius 1 is 1.00 bits per heavy atom. The van der Waals surface area contributed by atoms with E-state index in [-0.39, 0.29) is 12.4 Å². The Morgan fingerprint density at radius 3 is 2.50 bits per heavy atom. The third-order valence-electron chi connectivity index (χ3n) is 4.36. The van der Waals surface area contributed by atoms with Gasteiger partial charge >= 0.3 is 5.13 Å². The average Bonchev–Trinajstić information content (AvgIpc) is 3.23. The summed E-state index contributed by atoms with van der Waals surface area (Å²) in [4.78, 5) is 0. The molecule has 0 aliphatic heterocycles. The molecule has 0 aliphatic rings. The predicted octanol–water partition coefficient (Wildman–Crippen LogP) is 2.63. The summed E-state index contributed by atoms with van der Waals surface area (Å²) in [5.74, 6) is 0. The molecule has 0 aliphatic carbocycles. The van der Waals surface area contributed by atoms with Crippen LogP contribution in [0.4, 0.5) is 10.8 Å². The highest BCUT2D eigenvalue weighted by atomic mass is 35.5. The molecule has 2 aromatic carbocycles. The lowest BCUT2D eigenvalue weighted by molar-refractivity contribution is -0.676. The molecule has 4 nitrogen and oxygen atoms in total. The van der Waals surface area contributed by atoms with E-state index < -0.39 is 0 Å². The fourth-order valence-electron chi connectivity index (χ4n) is 3.11. The maximum absolute atomic E-state index is 4.68. The molecule has 0 N–H and O–H groups in total. The second kappa shape index (κ2) is 7.81. The van der Waals surface area contributed by atoms with Gasteiger partial charge in [-0.05, 0) is 29.4 Å². The molecular formula is C20H19ClN4S. The Labute approximate surface area is 162 Å². The lowest BCUT2D eigenvalue weighted by atomic mass is 10.1. The van der Waals surface area contributed by atoms with E-state index in [1.54, 1.807) is 11.3 Å². The largest absolute Gasteiger partial charge is 1.00 e. The predicted molar refractivity (Wildman–Crippen MR) is 103 cm³/mol. The SMILES string of the molecule is CC[n+]1ccsc1N=Nc1c(-c2ccccc2)n(C)c2ccccc12.[Cl-]. The third kappa shape index (κ3) is 3.16. The summed E-state index contributed by atoms with van der Waals surface area (Å²) >= 11 is 1.60. The molecule has 0 amide bonds. The number of azo groups is 1. The van der Waals surface area contributed by atoms with Crippen LogP contribution >= 0.6 is 11.3 Å². The van der Waals surface area contributed by atoms with Crippen molar-refractivity contribution in [2.75, 3.05) is 0 Å². The summed E-state index contributed by atoms with van der Waals surface area (Å²) in [6.07, 6.45) is 2.04. The zero-order chi connectivity index (χ0) is 17.2. The standard InChI is InChI=1S/C20H19N4S.ClH/c1-3-24-13-14-25-20(24)22-21-18-16-11-7-8-12-17(16)23(2)19(18)15-9-5-4-6-10-15;/h4-14H,3H2,1-2H3;1H/q+1;/p-1. The summed E-state index contributed by atoms with van der Waals surface area (Å²) in [7, 11) is 2.08. The molecule has 0 saturated carbocycles. The molecule has 4 aromatic rings. The lowest BCUT2D eigenvalue weighted by Gasteiger charge is -2.04. The number of fused-ring (bicyclic) bond motifs is 1. The van der Waals surface area contributed by atoms with Crippen LogP contribution in [0.1, 0.15) is 6.92 Å². The fourth-order valence-corrected chi connectivity index (χ4v) is 3.85. The van der Waals surface area contributed by atoms with E-state index in [0.29, 0.717) is 0 Å². The Bertz CT molecular complexity index is 1050. The van der Waals surface area contributed by atoms with Crippen LogP contribution < -0.4 is 17.0 Å². The third-order valence-corrected chi connectivity index (χ3v) is 5.15. The van der Waals surface area contributed by atoms with E-state index in [1.165, 1.54) is 0 Å². The smallest absolute Gasteiger partial charge is 0.408 e. The van der Waals surface area contributed by atoms with Crippen molar-refractivity contribution in [3.05, 3.63) is 66.2 Å². The fraction of sp³-hybridized carbons (Fsp3) is 0.150. The van der Waals surface area contributed by atoms with E-state index in [1.807, 2.05) is 23.7 Å². The van der Waals surface area contributed by atoms with Gasteiger partial charge in [0, 0.05) is 23.4 Å². The van der Waals surface area contributed by atoms with Crippen molar-refractivity contribution in [2.24, 2.45) is 17.3 Å². The molecule has 0 fully saturated rings. The Kier molecular flexibility index (Phi) is 5.49. The number of para-hydroxylation sites is 1. The van der Waals surface area contributed by atoms with Gasteiger partial charge in [0.05, 0.1) is 22.9 Å². The van der Waals surface area contributed by atoms with Crippen LogP contribution in [0.25, 0.3) is 22.2 Å². The molecule has 2 aromatic heterocycles. The van der Waals surface area contributed by atoms with Gasteiger partial charge in [-0.15, -0.1) is 0 Å². The van der Waals surface area contributed by atoms with E-state index in [9.17, 15) is 0 Å². The molecule has 2 heterocycles. The maximum Gasteiger partial charge on any atom is 0.408 e. The first-order valence-corrected chi connectivity index (χ1v) is 9.19. The molecule has 0 saturated heterocycles. The van der Waals surface area contributed by atoms with Crippen molar-refractivity contribution in [1.29, 1.82) is 0 Å². The van der Waals surface area contributed by atoms with Gasteiger partial charge < -0.3 is 17.0 Å². The van der Waals surface area contributed by atoms with E-state index in [0.717, 1.165) is 39.5 Å². The summed E-state index contributed by atoms with van der Waals surface area (Å²) in [5, 5.41) is 13.3. The maximum atomic E-state index is 4.68. The van der Waals surface area contributed by atoms with Crippen LogP contribution in [0.3, 0.4) is 0 Å². The molecule has 0 unspecified atom stereocenters. The number of aryl methyl sites for hydroxylation is 2. The number of rotatable bonds is 4. The first-order valence-electron chi connectivity index (χ1n) is 8.31.